The number of likely N-dealkylation sites (N-methyl/N-ethyl adjacent to an activating group) is 1. The number of likely N-dealkylation sites (tertiary alicyclic amines) is 1. The van der Waals surface area contributed by atoms with Gasteiger partial charge in [-0.25, -0.2) is 14.8 Å². The van der Waals surface area contributed by atoms with Gasteiger partial charge in [-0.3, -0.25) is 18.8 Å². The first-order valence-corrected chi connectivity index (χ1v) is 21.8. The highest BCUT2D eigenvalue weighted by Crippen LogP contribution is 2.45. The number of para-hydroxylation sites is 1. The van der Waals surface area contributed by atoms with Crippen LogP contribution >= 0.6 is 0 Å². The van der Waals surface area contributed by atoms with Gasteiger partial charge in [-0.15, -0.1) is 0 Å². The number of benzene rings is 1. The number of carbonyl (C=O) groups excluding carboxylic acids is 3. The van der Waals surface area contributed by atoms with Crippen LogP contribution in [0.5, 0.6) is 0 Å². The van der Waals surface area contributed by atoms with E-state index in [1.807, 2.05) is 72.6 Å². The van der Waals surface area contributed by atoms with Gasteiger partial charge in [0.05, 0.1) is 22.8 Å². The molecule has 1 aromatic carbocycles. The lowest BCUT2D eigenvalue weighted by atomic mass is 9.71. The van der Waals surface area contributed by atoms with E-state index in [0.29, 0.717) is 30.6 Å². The van der Waals surface area contributed by atoms with Crippen LogP contribution in [-0.4, -0.2) is 119 Å². The minimum atomic E-state index is -0.671. The Morgan fingerprint density at radius 3 is 2.33 bits per heavy atom. The van der Waals surface area contributed by atoms with Gasteiger partial charge in [-0.05, 0) is 90.0 Å². The number of nitrogens with zero attached hydrogens (tertiary/aromatic N) is 9. The molecule has 0 bridgehead atoms. The van der Waals surface area contributed by atoms with Crippen LogP contribution in [-0.2, 0) is 27.9 Å². The summed E-state index contributed by atoms with van der Waals surface area (Å²) >= 11 is 0. The molecule has 2 saturated heterocycles. The van der Waals surface area contributed by atoms with Crippen LogP contribution < -0.4 is 26.1 Å². The molecule has 1 aliphatic carbocycles. The zero-order valence-corrected chi connectivity index (χ0v) is 36.9. The van der Waals surface area contributed by atoms with Crippen molar-refractivity contribution >= 4 is 52.8 Å². The molecule has 60 heavy (non-hydrogen) atoms. The minimum absolute atomic E-state index is 0.109. The lowest BCUT2D eigenvalue weighted by Gasteiger charge is -2.55. The van der Waals surface area contributed by atoms with E-state index < -0.39 is 6.04 Å². The maximum atomic E-state index is 13.3. The SMILES string of the molecule is CC.CC(c1ccc(Nc2ncc3c(n2)N(C2CCCC2)C(C(=O)N(C)C)C3)nc1)N1CCC2(CC1)CN(c1cccc3c1n(C)c(=O)n3C(C=O)CCC=O)C2.CNC. The molecule has 4 aromatic rings. The molecule has 4 aliphatic rings. The summed E-state index contributed by atoms with van der Waals surface area (Å²) in [7, 11) is 9.15. The number of pyridine rings is 1. The Hall–Kier alpha value is -5.15. The van der Waals surface area contributed by atoms with E-state index >= 15 is 0 Å². The number of rotatable bonds is 12. The van der Waals surface area contributed by atoms with Gasteiger partial charge in [-0.1, -0.05) is 38.8 Å². The topological polar surface area (TPSA) is 154 Å². The molecule has 3 atom stereocenters. The molecule has 1 spiro atoms. The molecular weight excluding hydrogens is 759 g/mol. The summed E-state index contributed by atoms with van der Waals surface area (Å²) in [5.74, 6) is 2.14. The Morgan fingerprint density at radius 2 is 1.72 bits per heavy atom. The predicted octanol–water partition coefficient (Wildman–Crippen LogP) is 5.27. The second-order valence-corrected chi connectivity index (χ2v) is 16.8. The Labute approximate surface area is 354 Å². The minimum Gasteiger partial charge on any atom is -0.369 e. The molecule has 3 unspecified atom stereocenters. The Morgan fingerprint density at radius 1 is 1.02 bits per heavy atom. The summed E-state index contributed by atoms with van der Waals surface area (Å²) in [4.78, 5) is 72.6. The number of nitrogens with one attached hydrogen (secondary N) is 2. The van der Waals surface area contributed by atoms with Crippen LogP contribution in [0.25, 0.3) is 11.0 Å². The van der Waals surface area contributed by atoms with E-state index in [2.05, 4.69) is 49.4 Å². The maximum Gasteiger partial charge on any atom is 0.329 e. The fourth-order valence-corrected chi connectivity index (χ4v) is 9.57. The Kier molecular flexibility index (Phi) is 14.4. The third kappa shape index (κ3) is 8.83. The second kappa shape index (κ2) is 19.5. The van der Waals surface area contributed by atoms with Crippen LogP contribution in [0, 0.1) is 5.41 Å². The number of imidazole rings is 1. The molecule has 2 N–H and O–H groups in total. The molecule has 6 heterocycles. The molecular formula is C45H65N11O4. The molecule has 3 fully saturated rings. The number of amides is 1. The first-order chi connectivity index (χ1) is 29.0. The molecule has 324 valence electrons. The van der Waals surface area contributed by atoms with Gasteiger partial charge in [0.15, 0.2) is 0 Å². The number of aromatic nitrogens is 5. The van der Waals surface area contributed by atoms with Gasteiger partial charge < -0.3 is 34.9 Å². The summed E-state index contributed by atoms with van der Waals surface area (Å²) < 4.78 is 3.18. The molecule has 1 amide bonds. The Balaban J connectivity index is 0.00000116. The van der Waals surface area contributed by atoms with Crippen molar-refractivity contribution in [1.82, 2.24) is 39.2 Å². The van der Waals surface area contributed by atoms with Gasteiger partial charge in [0.2, 0.25) is 11.9 Å². The lowest BCUT2D eigenvalue weighted by Crippen LogP contribution is -2.60. The maximum absolute atomic E-state index is 13.3. The largest absolute Gasteiger partial charge is 0.369 e. The quantitative estimate of drug-likeness (QED) is 0.179. The van der Waals surface area contributed by atoms with Crippen molar-refractivity contribution in [1.29, 1.82) is 0 Å². The summed E-state index contributed by atoms with van der Waals surface area (Å²) in [6.45, 7) is 10.1. The van der Waals surface area contributed by atoms with Gasteiger partial charge >= 0.3 is 5.69 Å². The molecule has 0 radical (unpaired) electrons. The number of hydrogen-bond acceptors (Lipinski definition) is 12. The number of aryl methyl sites for hydroxylation is 1. The van der Waals surface area contributed by atoms with Gasteiger partial charge in [0.25, 0.3) is 0 Å². The summed E-state index contributed by atoms with van der Waals surface area (Å²) in [5, 5.41) is 6.06. The molecule has 3 aromatic heterocycles. The van der Waals surface area contributed by atoms with Crippen molar-refractivity contribution in [2.45, 2.75) is 103 Å². The van der Waals surface area contributed by atoms with E-state index in [-0.39, 0.29) is 35.5 Å². The van der Waals surface area contributed by atoms with E-state index in [9.17, 15) is 19.2 Å². The van der Waals surface area contributed by atoms with Crippen LogP contribution in [0.15, 0.2) is 47.5 Å². The Bertz CT molecular complexity index is 2140. The second-order valence-electron chi connectivity index (χ2n) is 16.8. The smallest absolute Gasteiger partial charge is 0.329 e. The monoisotopic (exact) mass is 824 g/mol. The van der Waals surface area contributed by atoms with Gasteiger partial charge in [-0.2, -0.15) is 4.98 Å². The number of fused-ring (bicyclic) bond motifs is 2. The highest BCUT2D eigenvalue weighted by Gasteiger charge is 2.46. The average molecular weight is 824 g/mol. The first-order valence-electron chi connectivity index (χ1n) is 21.8. The summed E-state index contributed by atoms with van der Waals surface area (Å²) in [6, 6.07) is 9.65. The molecule has 15 nitrogen and oxygen atoms in total. The van der Waals surface area contributed by atoms with Gasteiger partial charge in [0.1, 0.15) is 30.2 Å². The number of piperidine rings is 1. The van der Waals surface area contributed by atoms with Crippen LogP contribution in [0.1, 0.15) is 95.3 Å². The molecule has 1 saturated carbocycles. The van der Waals surface area contributed by atoms with Crippen LogP contribution in [0.2, 0.25) is 0 Å². The van der Waals surface area contributed by atoms with Crippen molar-refractivity contribution in [3.05, 3.63) is 64.3 Å². The number of hydrogen-bond donors (Lipinski definition) is 2. The summed E-state index contributed by atoms with van der Waals surface area (Å²) in [6.07, 6.45) is 13.2. The highest BCUT2D eigenvalue weighted by atomic mass is 16.2. The zero-order chi connectivity index (χ0) is 43.1. The first kappa shape index (κ1) is 44.4. The van der Waals surface area contributed by atoms with Crippen molar-refractivity contribution in [3.8, 4) is 0 Å². The normalized spacial score (nSPS) is 19.4. The number of anilines is 4. The zero-order valence-electron chi connectivity index (χ0n) is 36.9. The van der Waals surface area contributed by atoms with E-state index in [4.69, 9.17) is 9.97 Å². The number of aldehydes is 2. The van der Waals surface area contributed by atoms with Crippen molar-refractivity contribution in [3.63, 3.8) is 0 Å². The van der Waals surface area contributed by atoms with Crippen LogP contribution in [0.3, 0.4) is 0 Å². The van der Waals surface area contributed by atoms with Crippen molar-refractivity contribution in [2.24, 2.45) is 12.5 Å². The molecule has 8 rings (SSSR count). The van der Waals surface area contributed by atoms with Crippen molar-refractivity contribution < 1.29 is 14.4 Å². The van der Waals surface area contributed by atoms with E-state index in [0.717, 1.165) is 98.1 Å². The number of carbonyl (C=O) groups is 3. The fourth-order valence-electron chi connectivity index (χ4n) is 9.57. The predicted molar refractivity (Wildman–Crippen MR) is 238 cm³/mol. The van der Waals surface area contributed by atoms with Crippen molar-refractivity contribution in [2.75, 3.05) is 69.5 Å². The highest BCUT2D eigenvalue weighted by molar-refractivity contribution is 5.91. The molecule has 3 aliphatic heterocycles. The third-order valence-corrected chi connectivity index (χ3v) is 12.7. The third-order valence-electron chi connectivity index (χ3n) is 12.7. The standard InChI is InChI=1S/C41H52N10O4.C2H7N.C2H6/c1-27(28-14-15-35(42-22-28)44-39-43-23-29-21-34(38(54)46(2)3)50(37(29)45-39)30-9-5-6-10-30)48-18-16-41(17-19-48)25-49(26-41)32-12-7-13-33-36(32)47(4)40(55)51(33)31(24-53)11-8-20-52;1-3-2;1-2/h7,12-15,20,22-24,27,30-31,34H,5-6,8-11,16-19,21,25-26H2,1-4H3,(H,42,43,44,45);3H,1-2H3;1-2H3. The fraction of sp³-hybridized carbons (Fsp3) is 0.578. The van der Waals surface area contributed by atoms with Crippen LogP contribution in [0.4, 0.5) is 23.3 Å². The van der Waals surface area contributed by atoms with E-state index in [1.54, 1.807) is 21.1 Å². The average Bonchev–Trinajstić information content (AvgIpc) is 3.98. The lowest BCUT2D eigenvalue weighted by molar-refractivity contribution is -0.130. The summed E-state index contributed by atoms with van der Waals surface area (Å²) in [5.41, 5.74) is 4.73. The molecule has 15 heteroatoms. The van der Waals surface area contributed by atoms with E-state index in [1.165, 1.54) is 12.8 Å². The van der Waals surface area contributed by atoms with Gasteiger partial charge in [0, 0.05) is 82.5 Å².